The summed E-state index contributed by atoms with van der Waals surface area (Å²) in [5.41, 5.74) is 0.500. The molecule has 4 heteroatoms. The van der Waals surface area contributed by atoms with Crippen LogP contribution in [0.15, 0.2) is 24.3 Å². The van der Waals surface area contributed by atoms with Gasteiger partial charge in [-0.15, -0.1) is 0 Å². The highest BCUT2D eigenvalue weighted by Crippen LogP contribution is 2.28. The van der Waals surface area contributed by atoms with Gasteiger partial charge in [0.1, 0.15) is 5.75 Å². The minimum absolute atomic E-state index is 0.295. The lowest BCUT2D eigenvalue weighted by molar-refractivity contribution is 0.106. The van der Waals surface area contributed by atoms with Crippen molar-refractivity contribution in [2.45, 2.75) is 38.9 Å². The monoisotopic (exact) mass is 263 g/mol. The van der Waals surface area contributed by atoms with Crippen LogP contribution >= 0.6 is 0 Å². The number of hydrogen-bond acceptors (Lipinski definition) is 3. The van der Waals surface area contributed by atoms with E-state index in [4.69, 9.17) is 9.84 Å². The van der Waals surface area contributed by atoms with Crippen LogP contribution in [0.4, 0.5) is 0 Å². The summed E-state index contributed by atoms with van der Waals surface area (Å²) in [5, 5.41) is 7.09. The maximum Gasteiger partial charge on any atom is 0.250 e. The molecule has 0 aliphatic rings. The molecule has 0 aliphatic heterocycles. The number of carbonyl (C=O) groups is 1. The molecule has 0 aliphatic carbocycles. The van der Waals surface area contributed by atoms with Gasteiger partial charge in [-0.3, -0.25) is 4.79 Å². The van der Waals surface area contributed by atoms with E-state index >= 15 is 0 Å². The molecule has 0 unspecified atom stereocenters. The van der Waals surface area contributed by atoms with E-state index in [0.717, 1.165) is 24.3 Å². The van der Waals surface area contributed by atoms with E-state index in [1.165, 1.54) is 0 Å². The lowest BCUT2D eigenvalue weighted by Gasteiger charge is -2.29. The molecule has 0 aromatic heterocycles. The molecule has 3 nitrogen and oxygen atoms in total. The van der Waals surface area contributed by atoms with Gasteiger partial charge < -0.3 is 9.84 Å². The largest absolute Gasteiger partial charge is 0.543 e. The molecule has 0 saturated carbocycles. The van der Waals surface area contributed by atoms with Crippen LogP contribution in [-0.4, -0.2) is 20.3 Å². The predicted molar refractivity (Wildman–Crippen MR) is 77.4 cm³/mol. The van der Waals surface area contributed by atoms with Crippen LogP contribution in [0.1, 0.15) is 31.1 Å². The first-order chi connectivity index (χ1) is 8.62. The van der Waals surface area contributed by atoms with E-state index in [0.29, 0.717) is 11.3 Å². The van der Waals surface area contributed by atoms with Gasteiger partial charge >= 0.3 is 0 Å². The number of benzene rings is 1. The molecule has 0 saturated heterocycles. The molecular formula is C14H21NO2Si. The summed E-state index contributed by atoms with van der Waals surface area (Å²) in [6, 6.07) is 10.3. The fourth-order valence-electron chi connectivity index (χ4n) is 2.04. The summed E-state index contributed by atoms with van der Waals surface area (Å²) in [5.74, 6) is 0.347. The second-order valence-corrected chi connectivity index (χ2v) is 9.04. The summed E-state index contributed by atoms with van der Waals surface area (Å²) < 4.78 is 6.22. The predicted octanol–water partition coefficient (Wildman–Crippen LogP) is 3.90. The molecule has 0 atom stereocenters. The fraction of sp³-hybridized carbons (Fsp3) is 0.429. The van der Waals surface area contributed by atoms with E-state index in [1.807, 2.05) is 12.1 Å². The third kappa shape index (κ3) is 3.07. The lowest BCUT2D eigenvalue weighted by atomic mass is 10.1. The summed E-state index contributed by atoms with van der Waals surface area (Å²) >= 11 is 0. The molecule has 1 rings (SSSR count). The van der Waals surface area contributed by atoms with Gasteiger partial charge in [-0.2, -0.15) is 0 Å². The summed E-state index contributed by atoms with van der Waals surface area (Å²) in [7, 11) is -1.78. The molecule has 0 radical (unpaired) electrons. The maximum absolute atomic E-state index is 11.7. The van der Waals surface area contributed by atoms with Gasteiger partial charge in [0.15, 0.2) is 0 Å². The van der Waals surface area contributed by atoms with Crippen molar-refractivity contribution in [2.24, 2.45) is 0 Å². The first kappa shape index (κ1) is 14.6. The minimum atomic E-state index is -1.78. The molecule has 18 heavy (non-hydrogen) atoms. The number of rotatable bonds is 7. The number of carbonyl (C=O) groups excluding carboxylic acids is 1. The Balaban J connectivity index is 3.10. The van der Waals surface area contributed by atoms with Crippen LogP contribution in [0.3, 0.4) is 0 Å². The zero-order valence-electron chi connectivity index (χ0n) is 11.3. The van der Waals surface area contributed by atoms with Gasteiger partial charge in [-0.1, -0.05) is 32.9 Å². The average molecular weight is 263 g/mol. The maximum atomic E-state index is 11.7. The molecule has 0 fully saturated rings. The molecular weight excluding hydrogens is 242 g/mol. The Morgan fingerprint density at radius 3 is 2.28 bits per heavy atom. The van der Waals surface area contributed by atoms with Crippen molar-refractivity contribution in [1.82, 2.24) is 0 Å². The van der Waals surface area contributed by atoms with Crippen LogP contribution in [0, 0.1) is 5.41 Å². The van der Waals surface area contributed by atoms with E-state index in [2.05, 4.69) is 20.8 Å². The zero-order chi connectivity index (χ0) is 13.6. The highest BCUT2D eigenvalue weighted by Gasteiger charge is 2.31. The summed E-state index contributed by atoms with van der Waals surface area (Å²) in [6.45, 7) is 6.46. The lowest BCUT2D eigenvalue weighted by Crippen LogP contribution is -2.39. The molecule has 0 heterocycles. The average Bonchev–Trinajstić information content (AvgIpc) is 2.44. The SMILES string of the molecule is CC[Si](CC)(CC)Oc1ccccc1C(=O)C=N. The van der Waals surface area contributed by atoms with Crippen LogP contribution in [-0.2, 0) is 0 Å². The Bertz CT molecular complexity index is 419. The van der Waals surface area contributed by atoms with Crippen molar-refractivity contribution in [3.63, 3.8) is 0 Å². The van der Waals surface area contributed by atoms with Crippen LogP contribution in [0.25, 0.3) is 0 Å². The molecule has 1 aromatic carbocycles. The Labute approximate surface area is 110 Å². The van der Waals surface area contributed by atoms with Gasteiger partial charge in [0.2, 0.25) is 5.78 Å². The number of nitrogens with one attached hydrogen (secondary N) is 1. The van der Waals surface area contributed by atoms with Crippen molar-refractivity contribution >= 4 is 20.3 Å². The Morgan fingerprint density at radius 1 is 1.22 bits per heavy atom. The van der Waals surface area contributed by atoms with Gasteiger partial charge in [0.05, 0.1) is 11.8 Å². The highest BCUT2D eigenvalue weighted by atomic mass is 28.4. The normalized spacial score (nSPS) is 11.1. The van der Waals surface area contributed by atoms with Gasteiger partial charge in [0, 0.05) is 0 Å². The third-order valence-electron chi connectivity index (χ3n) is 3.54. The minimum Gasteiger partial charge on any atom is -0.543 e. The smallest absolute Gasteiger partial charge is 0.250 e. The van der Waals surface area contributed by atoms with E-state index < -0.39 is 8.32 Å². The van der Waals surface area contributed by atoms with Crippen LogP contribution in [0.5, 0.6) is 5.75 Å². The topological polar surface area (TPSA) is 50.2 Å². The Hall–Kier alpha value is -1.42. The van der Waals surface area contributed by atoms with Crippen LogP contribution in [0.2, 0.25) is 18.1 Å². The van der Waals surface area contributed by atoms with E-state index in [9.17, 15) is 4.79 Å². The van der Waals surface area contributed by atoms with Gasteiger partial charge in [-0.25, -0.2) is 0 Å². The number of ketones is 1. The van der Waals surface area contributed by atoms with Crippen molar-refractivity contribution in [3.8, 4) is 5.75 Å². The number of hydrogen-bond donors (Lipinski definition) is 1. The summed E-state index contributed by atoms with van der Waals surface area (Å²) in [4.78, 5) is 11.7. The third-order valence-corrected chi connectivity index (χ3v) is 8.06. The molecule has 0 spiro atoms. The molecule has 1 aromatic rings. The quantitative estimate of drug-likeness (QED) is 0.461. The first-order valence-corrected chi connectivity index (χ1v) is 8.98. The number of para-hydroxylation sites is 1. The molecule has 1 N–H and O–H groups in total. The molecule has 0 amide bonds. The second-order valence-electron chi connectivity index (χ2n) is 4.35. The van der Waals surface area contributed by atoms with E-state index in [1.54, 1.807) is 12.1 Å². The highest BCUT2D eigenvalue weighted by molar-refractivity contribution is 6.74. The number of Topliss-reactive ketones (excluding diaryl/α,β-unsaturated/α-hetero) is 1. The Kier molecular flexibility index (Phi) is 5.28. The fourth-order valence-corrected chi connectivity index (χ4v) is 4.61. The zero-order valence-corrected chi connectivity index (χ0v) is 12.3. The molecule has 98 valence electrons. The van der Waals surface area contributed by atoms with Crippen molar-refractivity contribution in [2.75, 3.05) is 0 Å². The van der Waals surface area contributed by atoms with Crippen molar-refractivity contribution in [3.05, 3.63) is 29.8 Å². The first-order valence-electron chi connectivity index (χ1n) is 6.45. The van der Waals surface area contributed by atoms with Crippen molar-refractivity contribution < 1.29 is 9.22 Å². The summed E-state index contributed by atoms with van der Waals surface area (Å²) in [6.07, 6.45) is 0.843. The Morgan fingerprint density at radius 2 is 1.78 bits per heavy atom. The second kappa shape index (κ2) is 6.49. The molecule has 0 bridgehead atoms. The van der Waals surface area contributed by atoms with E-state index in [-0.39, 0.29) is 5.78 Å². The van der Waals surface area contributed by atoms with Crippen molar-refractivity contribution in [1.29, 1.82) is 5.41 Å². The van der Waals surface area contributed by atoms with Gasteiger partial charge in [-0.05, 0) is 30.3 Å². The standard InChI is InChI=1S/C14H21NO2Si/c1-4-18(5-2,6-3)17-14-10-8-7-9-12(14)13(16)11-15/h7-11,15H,4-6H2,1-3H3. The van der Waals surface area contributed by atoms with Crippen LogP contribution < -0.4 is 4.43 Å². The van der Waals surface area contributed by atoms with Gasteiger partial charge in [0.25, 0.3) is 8.32 Å².